The van der Waals surface area contributed by atoms with Crippen molar-refractivity contribution in [1.29, 1.82) is 0 Å². The Bertz CT molecular complexity index is 507. The van der Waals surface area contributed by atoms with E-state index in [4.69, 9.17) is 6.57 Å². The molecule has 0 saturated heterocycles. The number of fused-ring (bicyclic) bond motifs is 1. The highest BCUT2D eigenvalue weighted by atomic mass is 16.1. The van der Waals surface area contributed by atoms with Gasteiger partial charge in [-0.15, -0.1) is 0 Å². The molecule has 0 aromatic carbocycles. The fraction of sp³-hybridized carbons (Fsp3) is 0. The van der Waals surface area contributed by atoms with Crippen LogP contribution in [0.1, 0.15) is 0 Å². The first kappa shape index (κ1) is 7.56. The molecular weight excluding hydrogens is 164 g/mol. The average molecular weight is 170 g/mol. The molecule has 0 saturated carbocycles. The van der Waals surface area contributed by atoms with Gasteiger partial charge in [-0.05, 0) is 6.07 Å². The van der Waals surface area contributed by atoms with E-state index in [9.17, 15) is 4.79 Å². The maximum atomic E-state index is 11.2. The first-order chi connectivity index (χ1) is 6.33. The van der Waals surface area contributed by atoms with Gasteiger partial charge in [0, 0.05) is 11.3 Å². The summed E-state index contributed by atoms with van der Waals surface area (Å²) < 4.78 is 0. The van der Waals surface area contributed by atoms with Gasteiger partial charge in [0.15, 0.2) is 0 Å². The van der Waals surface area contributed by atoms with Gasteiger partial charge in [-0.2, -0.15) is 0 Å². The molecule has 0 amide bonds. The van der Waals surface area contributed by atoms with Crippen molar-refractivity contribution in [1.82, 2.24) is 4.98 Å². The van der Waals surface area contributed by atoms with Gasteiger partial charge in [-0.3, -0.25) is 4.79 Å². The molecule has 62 valence electrons. The smallest absolute Gasteiger partial charge is 0.259 e. The van der Waals surface area contributed by atoms with Crippen molar-refractivity contribution in [2.75, 3.05) is 0 Å². The van der Waals surface area contributed by atoms with Gasteiger partial charge in [0.1, 0.15) is 0 Å². The fourth-order valence-corrected chi connectivity index (χ4v) is 1.28. The summed E-state index contributed by atoms with van der Waals surface area (Å²) in [5.74, 6) is 0. The molecule has 3 heteroatoms. The van der Waals surface area contributed by atoms with Gasteiger partial charge in [-0.1, -0.05) is 24.3 Å². The van der Waals surface area contributed by atoms with Crippen LogP contribution in [0, 0.1) is 6.57 Å². The van der Waals surface area contributed by atoms with Crippen molar-refractivity contribution in [2.24, 2.45) is 0 Å². The van der Waals surface area contributed by atoms with E-state index in [2.05, 4.69) is 9.83 Å². The Kier molecular flexibility index (Phi) is 1.60. The van der Waals surface area contributed by atoms with Crippen LogP contribution >= 0.6 is 0 Å². The van der Waals surface area contributed by atoms with Crippen LogP contribution in [-0.2, 0) is 0 Å². The molecule has 1 aliphatic heterocycles. The van der Waals surface area contributed by atoms with Crippen molar-refractivity contribution in [3.63, 3.8) is 0 Å². The number of nitrogens with one attached hydrogen (secondary N) is 1. The molecule has 13 heavy (non-hydrogen) atoms. The first-order valence-corrected chi connectivity index (χ1v) is 3.81. The summed E-state index contributed by atoms with van der Waals surface area (Å²) in [6, 6.07) is 9.04. The molecule has 0 aromatic heterocycles. The Morgan fingerprint density at radius 1 is 1.23 bits per heavy atom. The van der Waals surface area contributed by atoms with E-state index in [0.29, 0.717) is 11.3 Å². The molecule has 2 aliphatic rings. The fourth-order valence-electron chi connectivity index (χ4n) is 1.28. The molecule has 2 rings (SSSR count). The van der Waals surface area contributed by atoms with Crippen molar-refractivity contribution < 1.29 is 0 Å². The Hall–Kier alpha value is -2.08. The van der Waals surface area contributed by atoms with E-state index in [0.717, 1.165) is 0 Å². The number of aromatic amines is 1. The molecule has 0 aromatic rings. The molecule has 0 radical (unpaired) electrons. The van der Waals surface area contributed by atoms with Gasteiger partial charge >= 0.3 is 0 Å². The summed E-state index contributed by atoms with van der Waals surface area (Å²) in [4.78, 5) is 17.0. The van der Waals surface area contributed by atoms with Crippen LogP contribution in [0.3, 0.4) is 0 Å². The second kappa shape index (κ2) is 2.76. The van der Waals surface area contributed by atoms with E-state index in [-0.39, 0.29) is 11.2 Å². The molecule has 0 bridgehead atoms. The summed E-state index contributed by atoms with van der Waals surface area (Å²) in [5, 5.41) is 0. The van der Waals surface area contributed by atoms with Gasteiger partial charge in [0.2, 0.25) is 0 Å². The first-order valence-electron chi connectivity index (χ1n) is 3.81. The summed E-state index contributed by atoms with van der Waals surface area (Å²) >= 11 is 0. The normalized spacial score (nSPS) is 9.77. The number of aromatic nitrogens is 1. The lowest BCUT2D eigenvalue weighted by Gasteiger charge is -1.88. The third-order valence-corrected chi connectivity index (χ3v) is 1.87. The summed E-state index contributed by atoms with van der Waals surface area (Å²) in [6.07, 6.45) is 0. The van der Waals surface area contributed by atoms with Crippen molar-refractivity contribution >= 4 is 5.69 Å². The SMILES string of the molecule is [C-]#[N+]c1c2cccccc-2[nH]c1=O. The number of hydrogen-bond acceptors (Lipinski definition) is 1. The predicted octanol–water partition coefficient (Wildman–Crippen LogP) is 2.03. The number of nitrogens with zero attached hydrogens (tertiary/aromatic N) is 1. The number of H-pyrrole nitrogens is 1. The number of hydrogen-bond donors (Lipinski definition) is 1. The lowest BCUT2D eigenvalue weighted by molar-refractivity contribution is 1.33. The zero-order chi connectivity index (χ0) is 9.26. The topological polar surface area (TPSA) is 37.2 Å². The zero-order valence-electron chi connectivity index (χ0n) is 6.74. The van der Waals surface area contributed by atoms with Crippen molar-refractivity contribution in [3.05, 3.63) is 52.1 Å². The quantitative estimate of drug-likeness (QED) is 0.603. The highest BCUT2D eigenvalue weighted by Gasteiger charge is 2.12. The molecule has 3 nitrogen and oxygen atoms in total. The molecule has 0 unspecified atom stereocenters. The molecule has 1 N–H and O–H groups in total. The molecular formula is C10H6N2O. The van der Waals surface area contributed by atoms with Crippen molar-refractivity contribution in [2.45, 2.75) is 0 Å². The third-order valence-electron chi connectivity index (χ3n) is 1.87. The lowest BCUT2D eigenvalue weighted by atomic mass is 10.2. The van der Waals surface area contributed by atoms with Crippen LogP contribution in [0.5, 0.6) is 0 Å². The zero-order valence-corrected chi connectivity index (χ0v) is 6.74. The minimum Gasteiger partial charge on any atom is -0.332 e. The van der Waals surface area contributed by atoms with Gasteiger partial charge in [0.25, 0.3) is 11.2 Å². The molecule has 1 heterocycles. The molecule has 0 spiro atoms. The molecule has 0 fully saturated rings. The lowest BCUT2D eigenvalue weighted by Crippen LogP contribution is -1.94. The summed E-state index contributed by atoms with van der Waals surface area (Å²) in [5.41, 5.74) is 1.26. The standard InChI is InChI=1S/C10H6N2O/c1-11-9-7-5-3-2-4-6-8(7)12-10(9)13/h2-6H,(H,12,13). The van der Waals surface area contributed by atoms with Crippen LogP contribution in [0.2, 0.25) is 0 Å². The number of rotatable bonds is 0. The third kappa shape index (κ3) is 1.09. The Balaban J connectivity index is 2.89. The second-order valence-electron chi connectivity index (χ2n) is 2.65. The van der Waals surface area contributed by atoms with E-state index in [1.165, 1.54) is 0 Å². The maximum absolute atomic E-state index is 11.2. The monoisotopic (exact) mass is 170 g/mol. The minimum absolute atomic E-state index is 0.172. The minimum atomic E-state index is -0.309. The molecule has 0 atom stereocenters. The van der Waals surface area contributed by atoms with Crippen LogP contribution in [0.25, 0.3) is 16.1 Å². The van der Waals surface area contributed by atoms with E-state index >= 15 is 0 Å². The van der Waals surface area contributed by atoms with Crippen LogP contribution in [0.4, 0.5) is 5.69 Å². The van der Waals surface area contributed by atoms with Crippen LogP contribution in [0.15, 0.2) is 35.1 Å². The highest BCUT2D eigenvalue weighted by Crippen LogP contribution is 2.26. The van der Waals surface area contributed by atoms with Crippen molar-refractivity contribution in [3.8, 4) is 11.3 Å². The summed E-state index contributed by atoms with van der Waals surface area (Å²) in [6.45, 7) is 6.85. The second-order valence-corrected chi connectivity index (χ2v) is 2.65. The predicted molar refractivity (Wildman–Crippen MR) is 49.9 cm³/mol. The van der Waals surface area contributed by atoms with E-state index in [1.54, 1.807) is 12.1 Å². The largest absolute Gasteiger partial charge is 0.332 e. The van der Waals surface area contributed by atoms with E-state index < -0.39 is 0 Å². The van der Waals surface area contributed by atoms with Gasteiger partial charge in [-0.25, -0.2) is 4.85 Å². The summed E-state index contributed by atoms with van der Waals surface area (Å²) in [7, 11) is 0. The maximum Gasteiger partial charge on any atom is 0.259 e. The average Bonchev–Trinajstić information content (AvgIpc) is 2.32. The Morgan fingerprint density at radius 2 is 2.00 bits per heavy atom. The van der Waals surface area contributed by atoms with Gasteiger partial charge in [0.05, 0.1) is 6.57 Å². The van der Waals surface area contributed by atoms with E-state index in [1.807, 2.05) is 18.2 Å². The van der Waals surface area contributed by atoms with Crippen LogP contribution < -0.4 is 5.56 Å². The molecule has 1 aliphatic carbocycles. The Morgan fingerprint density at radius 3 is 2.77 bits per heavy atom. The highest BCUT2D eigenvalue weighted by molar-refractivity contribution is 5.77. The van der Waals surface area contributed by atoms with Crippen LogP contribution in [-0.4, -0.2) is 4.98 Å². The Labute approximate surface area is 74.8 Å². The van der Waals surface area contributed by atoms with Gasteiger partial charge < -0.3 is 4.98 Å².